The molecule has 0 saturated carbocycles. The Balaban J connectivity index is 1.51. The van der Waals surface area contributed by atoms with Crippen molar-refractivity contribution in [2.24, 2.45) is 5.92 Å². The number of hydrogen-bond donors (Lipinski definition) is 2. The number of benzene rings is 1. The van der Waals surface area contributed by atoms with Crippen molar-refractivity contribution in [1.29, 1.82) is 5.26 Å². The maximum Gasteiger partial charge on any atom is 0.244 e. The van der Waals surface area contributed by atoms with Crippen molar-refractivity contribution in [1.82, 2.24) is 9.78 Å². The highest BCUT2D eigenvalue weighted by atomic mass is 16.5. The molecule has 1 saturated heterocycles. The fourth-order valence-corrected chi connectivity index (χ4v) is 2.59. The predicted molar refractivity (Wildman–Crippen MR) is 89.4 cm³/mol. The Hall–Kier alpha value is -2.85. The van der Waals surface area contributed by atoms with Crippen LogP contribution in [0, 0.1) is 17.2 Å². The van der Waals surface area contributed by atoms with Gasteiger partial charge in [0, 0.05) is 30.8 Å². The molecule has 0 radical (unpaired) electrons. The molecule has 1 fully saturated rings. The van der Waals surface area contributed by atoms with Gasteiger partial charge in [-0.1, -0.05) is 0 Å². The van der Waals surface area contributed by atoms with E-state index in [4.69, 9.17) is 10.00 Å². The molecule has 1 aliphatic heterocycles. The van der Waals surface area contributed by atoms with Gasteiger partial charge in [0.25, 0.3) is 0 Å². The van der Waals surface area contributed by atoms with E-state index in [1.54, 1.807) is 41.2 Å². The van der Waals surface area contributed by atoms with Crippen LogP contribution in [0.2, 0.25) is 0 Å². The van der Waals surface area contributed by atoms with Crippen molar-refractivity contribution in [3.8, 4) is 6.07 Å². The van der Waals surface area contributed by atoms with Gasteiger partial charge in [0.2, 0.25) is 5.91 Å². The van der Waals surface area contributed by atoms with Gasteiger partial charge in [0.15, 0.2) is 0 Å². The van der Waals surface area contributed by atoms with E-state index in [0.29, 0.717) is 17.3 Å². The van der Waals surface area contributed by atoms with Crippen LogP contribution >= 0.6 is 0 Å². The van der Waals surface area contributed by atoms with Crippen molar-refractivity contribution >= 4 is 17.4 Å². The lowest BCUT2D eigenvalue weighted by molar-refractivity contribution is -0.114. The van der Waals surface area contributed by atoms with Gasteiger partial charge in [-0.2, -0.15) is 10.4 Å². The van der Waals surface area contributed by atoms with Crippen LogP contribution in [0.1, 0.15) is 12.0 Å². The van der Waals surface area contributed by atoms with E-state index < -0.39 is 0 Å². The van der Waals surface area contributed by atoms with Gasteiger partial charge in [-0.15, -0.1) is 0 Å². The number of nitrogens with one attached hydrogen (secondary N) is 2. The summed E-state index contributed by atoms with van der Waals surface area (Å²) in [7, 11) is 0. The van der Waals surface area contributed by atoms with Crippen LogP contribution in [0.25, 0.3) is 0 Å². The predicted octanol–water partition coefficient (Wildman–Crippen LogP) is 1.84. The number of rotatable bonds is 6. The minimum Gasteiger partial charge on any atom is -0.381 e. The largest absolute Gasteiger partial charge is 0.381 e. The molecule has 0 bridgehead atoms. The van der Waals surface area contributed by atoms with Crippen molar-refractivity contribution in [3.05, 3.63) is 42.1 Å². The molecule has 0 unspecified atom stereocenters. The molecule has 124 valence electrons. The number of aromatic nitrogens is 2. The average Bonchev–Trinajstić information content (AvgIpc) is 3.26. The van der Waals surface area contributed by atoms with Crippen LogP contribution < -0.4 is 10.6 Å². The first-order chi connectivity index (χ1) is 11.7. The van der Waals surface area contributed by atoms with Crippen molar-refractivity contribution in [3.63, 3.8) is 0 Å². The third-order valence-electron chi connectivity index (χ3n) is 3.91. The highest BCUT2D eigenvalue weighted by molar-refractivity contribution is 5.93. The first-order valence-corrected chi connectivity index (χ1v) is 7.88. The zero-order valence-corrected chi connectivity index (χ0v) is 13.2. The molecule has 0 aliphatic carbocycles. The summed E-state index contributed by atoms with van der Waals surface area (Å²) in [6.45, 7) is 2.42. The van der Waals surface area contributed by atoms with E-state index >= 15 is 0 Å². The summed E-state index contributed by atoms with van der Waals surface area (Å²) < 4.78 is 7.18. The average molecular weight is 325 g/mol. The lowest BCUT2D eigenvalue weighted by Gasteiger charge is -2.12. The SMILES string of the molecule is N#Cc1ccc(NCC(=O)Nc2ccnn2C[C@H]2CCOC2)cc1. The molecule has 1 amide bonds. The van der Waals surface area contributed by atoms with Crippen LogP contribution in [0.4, 0.5) is 11.5 Å². The fourth-order valence-electron chi connectivity index (χ4n) is 2.59. The van der Waals surface area contributed by atoms with Gasteiger partial charge in [0.05, 0.1) is 31.0 Å². The van der Waals surface area contributed by atoms with Crippen LogP contribution in [-0.4, -0.2) is 35.4 Å². The van der Waals surface area contributed by atoms with E-state index in [1.165, 1.54) is 0 Å². The first-order valence-electron chi connectivity index (χ1n) is 7.88. The number of nitrogens with zero attached hydrogens (tertiary/aromatic N) is 3. The summed E-state index contributed by atoms with van der Waals surface area (Å²) >= 11 is 0. The highest BCUT2D eigenvalue weighted by Crippen LogP contribution is 2.17. The third kappa shape index (κ3) is 4.12. The van der Waals surface area contributed by atoms with Gasteiger partial charge >= 0.3 is 0 Å². The second-order valence-electron chi connectivity index (χ2n) is 5.72. The quantitative estimate of drug-likeness (QED) is 0.845. The molecule has 24 heavy (non-hydrogen) atoms. The van der Waals surface area contributed by atoms with Crippen molar-refractivity contribution < 1.29 is 9.53 Å². The molecule has 2 heterocycles. The number of anilines is 2. The molecule has 1 aliphatic rings. The number of amides is 1. The fraction of sp³-hybridized carbons (Fsp3) is 0.353. The normalized spacial score (nSPS) is 16.5. The standard InChI is InChI=1S/C17H19N5O2/c18-9-13-1-3-15(4-2-13)19-10-17(23)21-16-5-7-20-22(16)11-14-6-8-24-12-14/h1-5,7,14,19H,6,8,10-12H2,(H,21,23)/t14-/m1/s1. The number of carbonyl (C=O) groups is 1. The molecule has 1 aromatic heterocycles. The van der Waals surface area contributed by atoms with E-state index in [-0.39, 0.29) is 12.5 Å². The summed E-state index contributed by atoms with van der Waals surface area (Å²) in [5, 5.41) is 18.9. The molecule has 1 aromatic carbocycles. The Labute approximate surface area is 140 Å². The van der Waals surface area contributed by atoms with Gasteiger partial charge in [-0.25, -0.2) is 4.68 Å². The molecular formula is C17H19N5O2. The number of carbonyl (C=O) groups excluding carboxylic acids is 1. The van der Waals surface area contributed by atoms with Crippen molar-refractivity contribution in [2.75, 3.05) is 30.4 Å². The summed E-state index contributed by atoms with van der Waals surface area (Å²) in [6, 6.07) is 10.8. The van der Waals surface area contributed by atoms with Gasteiger partial charge in [-0.05, 0) is 30.7 Å². The van der Waals surface area contributed by atoms with Crippen LogP contribution in [0.15, 0.2) is 36.5 Å². The van der Waals surface area contributed by atoms with Crippen LogP contribution in [-0.2, 0) is 16.1 Å². The zero-order valence-electron chi connectivity index (χ0n) is 13.2. The van der Waals surface area contributed by atoms with Gasteiger partial charge in [0.1, 0.15) is 5.82 Å². The monoisotopic (exact) mass is 325 g/mol. The minimum absolute atomic E-state index is 0.142. The van der Waals surface area contributed by atoms with Gasteiger partial charge in [-0.3, -0.25) is 4.79 Å². The van der Waals surface area contributed by atoms with Crippen molar-refractivity contribution in [2.45, 2.75) is 13.0 Å². The van der Waals surface area contributed by atoms with E-state index in [0.717, 1.165) is 31.9 Å². The van der Waals surface area contributed by atoms with E-state index in [2.05, 4.69) is 21.8 Å². The Morgan fingerprint density at radius 2 is 2.21 bits per heavy atom. The smallest absolute Gasteiger partial charge is 0.244 e. The number of nitriles is 1. The maximum atomic E-state index is 12.1. The molecule has 1 atom stereocenters. The summed E-state index contributed by atoms with van der Waals surface area (Å²) in [5.74, 6) is 0.981. The molecule has 7 nitrogen and oxygen atoms in total. The molecule has 7 heteroatoms. The second kappa shape index (κ2) is 7.62. The highest BCUT2D eigenvalue weighted by Gasteiger charge is 2.18. The first kappa shape index (κ1) is 16.0. The molecular weight excluding hydrogens is 306 g/mol. The number of ether oxygens (including phenoxy) is 1. The Kier molecular flexibility index (Phi) is 5.08. The van der Waals surface area contributed by atoms with Crippen LogP contribution in [0.5, 0.6) is 0 Å². The minimum atomic E-state index is -0.149. The zero-order chi connectivity index (χ0) is 16.8. The summed E-state index contributed by atoms with van der Waals surface area (Å²) in [5.41, 5.74) is 1.38. The van der Waals surface area contributed by atoms with Crippen LogP contribution in [0.3, 0.4) is 0 Å². The summed E-state index contributed by atoms with van der Waals surface area (Å²) in [6.07, 6.45) is 2.70. The second-order valence-corrected chi connectivity index (χ2v) is 5.72. The Morgan fingerprint density at radius 3 is 2.92 bits per heavy atom. The Bertz CT molecular complexity index is 726. The lowest BCUT2D eigenvalue weighted by Crippen LogP contribution is -2.24. The summed E-state index contributed by atoms with van der Waals surface area (Å²) in [4.78, 5) is 12.1. The molecule has 0 spiro atoms. The van der Waals surface area contributed by atoms with E-state index in [1.807, 2.05) is 0 Å². The maximum absolute atomic E-state index is 12.1. The topological polar surface area (TPSA) is 92.0 Å². The number of hydrogen-bond acceptors (Lipinski definition) is 5. The lowest BCUT2D eigenvalue weighted by atomic mass is 10.1. The molecule has 2 aromatic rings. The van der Waals surface area contributed by atoms with E-state index in [9.17, 15) is 4.79 Å². The molecule has 2 N–H and O–H groups in total. The Morgan fingerprint density at radius 1 is 1.38 bits per heavy atom. The van der Waals surface area contributed by atoms with Gasteiger partial charge < -0.3 is 15.4 Å². The third-order valence-corrected chi connectivity index (χ3v) is 3.91. The molecule has 3 rings (SSSR count).